The second-order valence-corrected chi connectivity index (χ2v) is 13.8. The Bertz CT molecular complexity index is 87.3. The Labute approximate surface area is 68.7 Å². The van der Waals surface area contributed by atoms with Crippen LogP contribution in [0.4, 0.5) is 0 Å². The van der Waals surface area contributed by atoms with Gasteiger partial charge in [0.25, 0.3) is 0 Å². The molecule has 0 radical (unpaired) electrons. The fourth-order valence-electron chi connectivity index (χ4n) is 1.88. The Morgan fingerprint density at radius 1 is 1.20 bits per heavy atom. The average molecular weight is 174 g/mol. The van der Waals surface area contributed by atoms with Crippen LogP contribution in [0.1, 0.15) is 13.3 Å². The van der Waals surface area contributed by atoms with E-state index in [-0.39, 0.29) is 8.80 Å². The molecule has 0 N–H and O–H groups in total. The van der Waals surface area contributed by atoms with Crippen LogP contribution in [-0.4, -0.2) is 16.9 Å². The van der Waals surface area contributed by atoms with Crippen molar-refractivity contribution in [3.05, 3.63) is 0 Å². The van der Waals surface area contributed by atoms with E-state index in [2.05, 4.69) is 33.1 Å². The van der Waals surface area contributed by atoms with Crippen molar-refractivity contribution >= 4 is 16.9 Å². The van der Waals surface area contributed by atoms with Crippen molar-refractivity contribution in [1.29, 1.82) is 0 Å². The van der Waals surface area contributed by atoms with Gasteiger partial charge in [-0.05, 0) is 0 Å². The van der Waals surface area contributed by atoms with Crippen LogP contribution in [0.25, 0.3) is 0 Å². The second-order valence-electron chi connectivity index (χ2n) is 4.51. The fourth-order valence-corrected chi connectivity index (χ4v) is 12.9. The molecule has 0 atom stereocenters. The molecule has 0 bridgehead atoms. The molecule has 0 fully saturated rings. The van der Waals surface area contributed by atoms with Crippen molar-refractivity contribution in [3.63, 3.8) is 0 Å². The third-order valence-electron chi connectivity index (χ3n) is 1.89. The first kappa shape index (κ1) is 10.4. The summed E-state index contributed by atoms with van der Waals surface area (Å²) < 4.78 is 0. The Hall–Kier alpha value is 0.434. The summed E-state index contributed by atoms with van der Waals surface area (Å²) in [5.41, 5.74) is 1.64. The standard InChI is InChI=1S/C8H22Si2/c1-6-7-10(4,5)8-9(2)3/h9H,6-8H2,1-5H3. The zero-order valence-electron chi connectivity index (χ0n) is 8.20. The van der Waals surface area contributed by atoms with E-state index in [0.717, 1.165) is 0 Å². The highest BCUT2D eigenvalue weighted by atomic mass is 28.4. The number of hydrogen-bond acceptors (Lipinski definition) is 0. The molecule has 0 saturated heterocycles. The van der Waals surface area contributed by atoms with E-state index >= 15 is 0 Å². The summed E-state index contributed by atoms with van der Waals surface area (Å²) in [6.07, 6.45) is 1.40. The van der Waals surface area contributed by atoms with Crippen molar-refractivity contribution in [2.24, 2.45) is 0 Å². The van der Waals surface area contributed by atoms with Crippen molar-refractivity contribution in [2.45, 2.75) is 51.2 Å². The van der Waals surface area contributed by atoms with E-state index in [4.69, 9.17) is 0 Å². The molecule has 0 aromatic rings. The SMILES string of the molecule is CCC[Si](C)(C)C[SiH](C)C. The summed E-state index contributed by atoms with van der Waals surface area (Å²) in [5.74, 6) is 0. The van der Waals surface area contributed by atoms with Crippen LogP contribution in [0.3, 0.4) is 0 Å². The Balaban J connectivity index is 3.63. The molecule has 2 heteroatoms. The smallest absolute Gasteiger partial charge is 0.0444 e. The molecule has 0 aliphatic rings. The molecule has 0 aromatic carbocycles. The summed E-state index contributed by atoms with van der Waals surface area (Å²) in [6.45, 7) is 12.4. The highest BCUT2D eigenvalue weighted by Gasteiger charge is 2.20. The molecule has 0 saturated carbocycles. The van der Waals surface area contributed by atoms with E-state index in [0.29, 0.717) is 0 Å². The van der Waals surface area contributed by atoms with E-state index in [1.54, 1.807) is 5.67 Å². The topological polar surface area (TPSA) is 0 Å². The van der Waals surface area contributed by atoms with Crippen LogP contribution in [0, 0.1) is 0 Å². The Morgan fingerprint density at radius 2 is 1.70 bits per heavy atom. The second kappa shape index (κ2) is 4.34. The van der Waals surface area contributed by atoms with Gasteiger partial charge >= 0.3 is 0 Å². The molecule has 0 spiro atoms. The van der Waals surface area contributed by atoms with E-state index in [1.807, 2.05) is 0 Å². The first-order chi connectivity index (χ1) is 4.48. The maximum atomic E-state index is 2.55. The van der Waals surface area contributed by atoms with E-state index in [9.17, 15) is 0 Å². The maximum absolute atomic E-state index is 2.55. The van der Waals surface area contributed by atoms with Gasteiger partial charge in [-0.1, -0.05) is 51.2 Å². The lowest BCUT2D eigenvalue weighted by atomic mass is 10.6. The first-order valence-electron chi connectivity index (χ1n) is 4.48. The summed E-state index contributed by atoms with van der Waals surface area (Å²) in [6, 6.07) is 1.54. The molecule has 62 valence electrons. The minimum absolute atomic E-state index is 0.265. The highest BCUT2D eigenvalue weighted by Crippen LogP contribution is 2.18. The largest absolute Gasteiger partial charge is 0.0724 e. The minimum Gasteiger partial charge on any atom is -0.0724 e. The van der Waals surface area contributed by atoms with Gasteiger partial charge in [0.15, 0.2) is 0 Å². The molecule has 0 unspecified atom stereocenters. The molecule has 10 heavy (non-hydrogen) atoms. The third kappa shape index (κ3) is 5.24. The first-order valence-corrected chi connectivity index (χ1v) is 11.0. The molecule has 0 aliphatic heterocycles. The maximum Gasteiger partial charge on any atom is 0.0444 e. The molecule has 0 heterocycles. The number of hydrogen-bond donors (Lipinski definition) is 0. The number of rotatable bonds is 4. The molecule has 0 amide bonds. The average Bonchev–Trinajstić information content (AvgIpc) is 1.59. The minimum atomic E-state index is -0.705. The van der Waals surface area contributed by atoms with Crippen molar-refractivity contribution in [3.8, 4) is 0 Å². The van der Waals surface area contributed by atoms with Crippen LogP contribution in [0.15, 0.2) is 0 Å². The van der Waals surface area contributed by atoms with Crippen LogP contribution in [-0.2, 0) is 0 Å². The van der Waals surface area contributed by atoms with Crippen LogP contribution < -0.4 is 0 Å². The highest BCUT2D eigenvalue weighted by molar-refractivity contribution is 6.87. The van der Waals surface area contributed by atoms with Gasteiger partial charge in [-0.25, -0.2) is 0 Å². The van der Waals surface area contributed by atoms with Gasteiger partial charge in [-0.2, -0.15) is 0 Å². The zero-order chi connectivity index (χ0) is 8.20. The normalized spacial score (nSPS) is 12.6. The van der Waals surface area contributed by atoms with Crippen LogP contribution in [0.5, 0.6) is 0 Å². The Kier molecular flexibility index (Phi) is 4.53. The van der Waals surface area contributed by atoms with Crippen molar-refractivity contribution < 1.29 is 0 Å². The zero-order valence-corrected chi connectivity index (χ0v) is 10.4. The predicted octanol–water partition coefficient (Wildman–Crippen LogP) is 3.13. The molecule has 0 aliphatic carbocycles. The van der Waals surface area contributed by atoms with Gasteiger partial charge in [-0.15, -0.1) is 0 Å². The summed E-state index contributed by atoms with van der Waals surface area (Å²) >= 11 is 0. The lowest BCUT2D eigenvalue weighted by Gasteiger charge is -2.22. The molecular formula is C8H22Si2. The quantitative estimate of drug-likeness (QED) is 0.575. The van der Waals surface area contributed by atoms with Crippen LogP contribution >= 0.6 is 0 Å². The van der Waals surface area contributed by atoms with E-state index < -0.39 is 8.07 Å². The van der Waals surface area contributed by atoms with Crippen molar-refractivity contribution in [1.82, 2.24) is 0 Å². The molecular weight excluding hydrogens is 152 g/mol. The van der Waals surface area contributed by atoms with Gasteiger partial charge < -0.3 is 0 Å². The van der Waals surface area contributed by atoms with Gasteiger partial charge in [0, 0.05) is 16.9 Å². The fraction of sp³-hybridized carbons (Fsp3) is 1.00. The summed E-state index contributed by atoms with van der Waals surface area (Å²) in [4.78, 5) is 0. The van der Waals surface area contributed by atoms with Gasteiger partial charge in [0.05, 0.1) is 0 Å². The van der Waals surface area contributed by atoms with Gasteiger partial charge in [0.1, 0.15) is 0 Å². The van der Waals surface area contributed by atoms with Gasteiger partial charge in [-0.3, -0.25) is 0 Å². The van der Waals surface area contributed by atoms with Gasteiger partial charge in [0.2, 0.25) is 0 Å². The van der Waals surface area contributed by atoms with E-state index in [1.165, 1.54) is 12.5 Å². The Morgan fingerprint density at radius 3 is 2.00 bits per heavy atom. The third-order valence-corrected chi connectivity index (χ3v) is 11.4. The monoisotopic (exact) mass is 174 g/mol. The molecule has 0 nitrogen and oxygen atoms in total. The van der Waals surface area contributed by atoms with Crippen molar-refractivity contribution in [2.75, 3.05) is 0 Å². The predicted molar refractivity (Wildman–Crippen MR) is 56.3 cm³/mol. The molecule has 0 aromatic heterocycles. The lowest BCUT2D eigenvalue weighted by molar-refractivity contribution is 1.04. The molecule has 0 rings (SSSR count). The van der Waals surface area contributed by atoms with Crippen LogP contribution in [0.2, 0.25) is 37.9 Å². The summed E-state index contributed by atoms with van der Waals surface area (Å²) in [5, 5.41) is 0. The lowest BCUT2D eigenvalue weighted by Crippen LogP contribution is -2.29. The summed E-state index contributed by atoms with van der Waals surface area (Å²) in [7, 11) is -0.970.